The van der Waals surface area contributed by atoms with Crippen LogP contribution < -0.4 is 0 Å². The Balaban J connectivity index is 0.000000880. The lowest BCUT2D eigenvalue weighted by molar-refractivity contribution is 0.0116. The van der Waals surface area contributed by atoms with Crippen molar-refractivity contribution in [2.24, 2.45) is 29.1 Å². The molecule has 0 aromatic rings. The highest BCUT2D eigenvalue weighted by atomic mass is 14.6. The van der Waals surface area contributed by atoms with E-state index in [9.17, 15) is 0 Å². The molecule has 5 atom stereocenters. The van der Waals surface area contributed by atoms with Crippen molar-refractivity contribution >= 4 is 0 Å². The van der Waals surface area contributed by atoms with Crippen molar-refractivity contribution in [3.63, 3.8) is 0 Å². The summed E-state index contributed by atoms with van der Waals surface area (Å²) in [5, 5.41) is 0. The molecule has 0 saturated heterocycles. The minimum absolute atomic E-state index is 0.689. The molecule has 0 spiro atoms. The van der Waals surface area contributed by atoms with Crippen LogP contribution in [0.3, 0.4) is 0 Å². The summed E-state index contributed by atoms with van der Waals surface area (Å²) < 4.78 is 0. The lowest BCUT2D eigenvalue weighted by atomic mass is 9.53. The summed E-state index contributed by atoms with van der Waals surface area (Å²) in [5.74, 6) is 4.08. The van der Waals surface area contributed by atoms with Crippen LogP contribution in [-0.4, -0.2) is 0 Å². The molecular formula is C25H42. The van der Waals surface area contributed by atoms with Gasteiger partial charge in [0.1, 0.15) is 0 Å². The van der Waals surface area contributed by atoms with Gasteiger partial charge >= 0.3 is 0 Å². The Labute approximate surface area is 157 Å². The Morgan fingerprint density at radius 2 is 1.92 bits per heavy atom. The quantitative estimate of drug-likeness (QED) is 0.454. The summed E-state index contributed by atoms with van der Waals surface area (Å²) in [4.78, 5) is 0. The first-order chi connectivity index (χ1) is 12.1. The largest absolute Gasteiger partial charge is 0.0812 e. The van der Waals surface area contributed by atoms with E-state index < -0.39 is 0 Å². The molecule has 25 heavy (non-hydrogen) atoms. The minimum Gasteiger partial charge on any atom is -0.0812 e. The molecule has 2 fully saturated rings. The summed E-state index contributed by atoms with van der Waals surface area (Å²) in [5.41, 5.74) is 6.08. The topological polar surface area (TPSA) is 0 Å². The highest BCUT2D eigenvalue weighted by Crippen LogP contribution is 2.63. The summed E-state index contributed by atoms with van der Waals surface area (Å²) >= 11 is 0. The van der Waals surface area contributed by atoms with Gasteiger partial charge in [-0.3, -0.25) is 0 Å². The van der Waals surface area contributed by atoms with Gasteiger partial charge in [-0.05, 0) is 93.8 Å². The SMILES string of the molecule is CC.CCCCC1CCC2C3CCC4=C(CC=C(C)C4)C3CCC12C. The van der Waals surface area contributed by atoms with Gasteiger partial charge in [0.15, 0.2) is 0 Å². The molecule has 0 aliphatic heterocycles. The van der Waals surface area contributed by atoms with E-state index >= 15 is 0 Å². The maximum Gasteiger partial charge on any atom is -0.0108 e. The van der Waals surface area contributed by atoms with E-state index in [-0.39, 0.29) is 0 Å². The fourth-order valence-electron chi connectivity index (χ4n) is 7.11. The number of unbranched alkanes of at least 4 members (excludes halogenated alkanes) is 1. The van der Waals surface area contributed by atoms with E-state index in [1.54, 1.807) is 12.0 Å². The maximum atomic E-state index is 2.69. The molecule has 0 heterocycles. The van der Waals surface area contributed by atoms with Crippen molar-refractivity contribution < 1.29 is 0 Å². The third-order valence-corrected chi connectivity index (χ3v) is 8.38. The fraction of sp³-hybridized carbons (Fsp3) is 0.840. The van der Waals surface area contributed by atoms with Gasteiger partial charge in [0.25, 0.3) is 0 Å². The Morgan fingerprint density at radius 3 is 2.68 bits per heavy atom. The van der Waals surface area contributed by atoms with Crippen molar-refractivity contribution in [3.05, 3.63) is 22.8 Å². The van der Waals surface area contributed by atoms with Crippen LogP contribution in [0.15, 0.2) is 22.8 Å². The Bertz CT molecular complexity index is 522. The molecule has 142 valence electrons. The third kappa shape index (κ3) is 3.40. The van der Waals surface area contributed by atoms with Gasteiger partial charge in [-0.25, -0.2) is 0 Å². The molecule has 2 saturated carbocycles. The van der Waals surface area contributed by atoms with Crippen LogP contribution in [0.25, 0.3) is 0 Å². The summed E-state index contributed by atoms with van der Waals surface area (Å²) in [7, 11) is 0. The van der Waals surface area contributed by atoms with E-state index in [1.807, 2.05) is 25.0 Å². The van der Waals surface area contributed by atoms with Crippen LogP contribution in [0.2, 0.25) is 0 Å². The van der Waals surface area contributed by atoms with Gasteiger partial charge in [0.05, 0.1) is 0 Å². The first kappa shape index (κ1) is 19.2. The highest BCUT2D eigenvalue weighted by molar-refractivity contribution is 5.33. The van der Waals surface area contributed by atoms with Crippen LogP contribution in [0, 0.1) is 29.1 Å². The summed E-state index contributed by atoms with van der Waals surface area (Å²) in [6.45, 7) is 11.4. The molecule has 0 bridgehead atoms. The van der Waals surface area contributed by atoms with Gasteiger partial charge in [-0.15, -0.1) is 0 Å². The van der Waals surface area contributed by atoms with Crippen molar-refractivity contribution in [1.29, 1.82) is 0 Å². The smallest absolute Gasteiger partial charge is 0.0108 e. The van der Waals surface area contributed by atoms with Crippen LogP contribution in [0.1, 0.15) is 105 Å². The molecule has 5 unspecified atom stereocenters. The first-order valence-corrected chi connectivity index (χ1v) is 11.5. The van der Waals surface area contributed by atoms with Crippen LogP contribution >= 0.6 is 0 Å². The second-order valence-electron chi connectivity index (χ2n) is 9.44. The molecule has 4 rings (SSSR count). The number of fused-ring (bicyclic) bond motifs is 4. The van der Waals surface area contributed by atoms with E-state index in [2.05, 4.69) is 26.8 Å². The molecule has 0 aromatic carbocycles. The number of hydrogen-bond donors (Lipinski definition) is 0. The molecular weight excluding hydrogens is 300 g/mol. The molecule has 0 heteroatoms. The predicted octanol–water partition coefficient (Wildman–Crippen LogP) is 8.09. The lowest BCUT2D eigenvalue weighted by Crippen LogP contribution is -2.43. The molecule has 0 aromatic heterocycles. The molecule has 0 amide bonds. The Hall–Kier alpha value is -0.520. The number of rotatable bonds is 3. The van der Waals surface area contributed by atoms with Gasteiger partial charge in [0.2, 0.25) is 0 Å². The van der Waals surface area contributed by atoms with Crippen LogP contribution in [0.4, 0.5) is 0 Å². The van der Waals surface area contributed by atoms with Gasteiger partial charge in [-0.2, -0.15) is 0 Å². The van der Waals surface area contributed by atoms with Crippen molar-refractivity contribution in [3.8, 4) is 0 Å². The molecule has 0 N–H and O–H groups in total. The monoisotopic (exact) mass is 342 g/mol. The average molecular weight is 343 g/mol. The standard InChI is InChI=1S/C23H36.C2H6/c1-4-5-6-18-9-12-22-21-11-8-17-15-16(2)7-10-19(17)20(21)13-14-23(18,22)3;1-2/h7,18,20-22H,4-6,8-15H2,1-3H3;1-2H3. The first-order valence-electron chi connectivity index (χ1n) is 11.5. The number of allylic oxidation sites excluding steroid dienone is 4. The van der Waals surface area contributed by atoms with Gasteiger partial charge in [-0.1, -0.05) is 63.3 Å². The summed E-state index contributed by atoms with van der Waals surface area (Å²) in [6, 6.07) is 0. The van der Waals surface area contributed by atoms with E-state index in [0.717, 1.165) is 23.7 Å². The van der Waals surface area contributed by atoms with Crippen LogP contribution in [0.5, 0.6) is 0 Å². The predicted molar refractivity (Wildman–Crippen MR) is 111 cm³/mol. The highest BCUT2D eigenvalue weighted by Gasteiger charge is 2.54. The summed E-state index contributed by atoms with van der Waals surface area (Å²) in [6.07, 6.45) is 18.5. The molecule has 4 aliphatic rings. The van der Waals surface area contributed by atoms with Crippen molar-refractivity contribution in [2.75, 3.05) is 0 Å². The Morgan fingerprint density at radius 1 is 1.12 bits per heavy atom. The zero-order valence-electron chi connectivity index (χ0n) is 17.7. The van der Waals surface area contributed by atoms with E-state index in [0.29, 0.717) is 5.41 Å². The third-order valence-electron chi connectivity index (χ3n) is 8.38. The molecule has 4 aliphatic carbocycles. The molecule has 0 nitrogen and oxygen atoms in total. The minimum atomic E-state index is 0.689. The second-order valence-corrected chi connectivity index (χ2v) is 9.44. The number of hydrogen-bond acceptors (Lipinski definition) is 0. The molecule has 0 radical (unpaired) electrons. The normalized spacial score (nSPS) is 39.6. The van der Waals surface area contributed by atoms with Gasteiger partial charge in [0, 0.05) is 0 Å². The average Bonchev–Trinajstić information content (AvgIpc) is 2.97. The zero-order chi connectivity index (χ0) is 18.0. The maximum absolute atomic E-state index is 2.69. The zero-order valence-corrected chi connectivity index (χ0v) is 17.7. The second kappa shape index (κ2) is 8.01. The van der Waals surface area contributed by atoms with Crippen molar-refractivity contribution in [2.45, 2.75) is 105 Å². The Kier molecular flexibility index (Phi) is 6.17. The van der Waals surface area contributed by atoms with Crippen molar-refractivity contribution in [1.82, 2.24) is 0 Å². The van der Waals surface area contributed by atoms with E-state index in [4.69, 9.17) is 0 Å². The fourth-order valence-corrected chi connectivity index (χ4v) is 7.11. The lowest BCUT2D eigenvalue weighted by Gasteiger charge is -2.52. The van der Waals surface area contributed by atoms with E-state index in [1.165, 1.54) is 64.2 Å². The van der Waals surface area contributed by atoms with Gasteiger partial charge < -0.3 is 0 Å². The van der Waals surface area contributed by atoms with Crippen LogP contribution in [-0.2, 0) is 0 Å².